The van der Waals surface area contributed by atoms with Crippen LogP contribution in [0.5, 0.6) is 0 Å². The second-order valence-corrected chi connectivity index (χ2v) is 6.37. The maximum absolute atomic E-state index is 13.7. The highest BCUT2D eigenvalue weighted by Gasteiger charge is 2.10. The van der Waals surface area contributed by atoms with Crippen molar-refractivity contribution in [2.75, 3.05) is 0 Å². The van der Waals surface area contributed by atoms with Crippen molar-refractivity contribution in [3.05, 3.63) is 83.6 Å². The molecule has 4 rings (SSSR count). The van der Waals surface area contributed by atoms with E-state index < -0.39 is 0 Å². The number of fused-ring (bicyclic) bond motifs is 1. The van der Waals surface area contributed by atoms with Gasteiger partial charge in [0.15, 0.2) is 0 Å². The summed E-state index contributed by atoms with van der Waals surface area (Å²) in [5.74, 6) is 6.13. The van der Waals surface area contributed by atoms with Crippen molar-refractivity contribution in [2.24, 2.45) is 7.05 Å². The molecule has 0 amide bonds. The molecule has 27 heavy (non-hydrogen) atoms. The molecule has 0 aliphatic heterocycles. The second kappa shape index (κ2) is 7.05. The highest BCUT2D eigenvalue weighted by Crippen LogP contribution is 2.29. The van der Waals surface area contributed by atoms with Crippen LogP contribution in [0.1, 0.15) is 23.7 Å². The average molecular weight is 355 g/mol. The van der Waals surface area contributed by atoms with E-state index in [-0.39, 0.29) is 5.82 Å². The normalized spacial score (nSPS) is 10.6. The van der Waals surface area contributed by atoms with Gasteiger partial charge in [-0.3, -0.25) is 9.67 Å². The lowest BCUT2D eigenvalue weighted by Crippen LogP contribution is -1.95. The minimum absolute atomic E-state index is 0.251. The van der Waals surface area contributed by atoms with Crippen molar-refractivity contribution < 1.29 is 4.39 Å². The zero-order valence-electron chi connectivity index (χ0n) is 15.2. The Morgan fingerprint density at radius 3 is 2.67 bits per heavy atom. The first kappa shape index (κ1) is 17.0. The van der Waals surface area contributed by atoms with Crippen molar-refractivity contribution in [1.82, 2.24) is 14.8 Å². The SMILES string of the molecule is CCc1nc2cccc(C#Cc3cnn(C)c3)c2cc1-c1cccc(F)c1. The maximum atomic E-state index is 13.7. The number of benzene rings is 2. The number of nitrogens with zero attached hydrogens (tertiary/aromatic N) is 3. The first-order valence-corrected chi connectivity index (χ1v) is 8.83. The van der Waals surface area contributed by atoms with Crippen molar-refractivity contribution in [2.45, 2.75) is 13.3 Å². The van der Waals surface area contributed by atoms with Gasteiger partial charge in [-0.25, -0.2) is 4.39 Å². The molecule has 0 aliphatic carbocycles. The number of aromatic nitrogens is 3. The molecule has 0 fully saturated rings. The van der Waals surface area contributed by atoms with Crippen LogP contribution in [0.15, 0.2) is 60.9 Å². The van der Waals surface area contributed by atoms with Crippen LogP contribution in [0.2, 0.25) is 0 Å². The van der Waals surface area contributed by atoms with E-state index in [1.165, 1.54) is 6.07 Å². The zero-order chi connectivity index (χ0) is 18.8. The molecule has 0 radical (unpaired) electrons. The van der Waals surface area contributed by atoms with E-state index in [1.54, 1.807) is 23.0 Å². The van der Waals surface area contributed by atoms with Gasteiger partial charge in [-0.2, -0.15) is 5.10 Å². The summed E-state index contributed by atoms with van der Waals surface area (Å²) in [5, 5.41) is 5.11. The molecule has 0 unspecified atom stereocenters. The van der Waals surface area contributed by atoms with Crippen molar-refractivity contribution >= 4 is 10.9 Å². The lowest BCUT2D eigenvalue weighted by atomic mass is 9.98. The first-order valence-electron chi connectivity index (χ1n) is 8.83. The molecule has 0 atom stereocenters. The molecule has 0 saturated carbocycles. The van der Waals surface area contributed by atoms with Crippen LogP contribution in [0.25, 0.3) is 22.0 Å². The van der Waals surface area contributed by atoms with Crippen LogP contribution in [-0.4, -0.2) is 14.8 Å². The summed E-state index contributed by atoms with van der Waals surface area (Å²) < 4.78 is 15.5. The first-order chi connectivity index (χ1) is 13.1. The Morgan fingerprint density at radius 2 is 1.93 bits per heavy atom. The Morgan fingerprint density at radius 1 is 1.07 bits per heavy atom. The molecule has 3 nitrogen and oxygen atoms in total. The van der Waals surface area contributed by atoms with Gasteiger partial charge in [0, 0.05) is 35.5 Å². The van der Waals surface area contributed by atoms with Gasteiger partial charge in [-0.15, -0.1) is 0 Å². The topological polar surface area (TPSA) is 30.7 Å². The van der Waals surface area contributed by atoms with Gasteiger partial charge in [0.25, 0.3) is 0 Å². The number of pyridine rings is 1. The van der Waals surface area contributed by atoms with Gasteiger partial charge < -0.3 is 0 Å². The van der Waals surface area contributed by atoms with Crippen molar-refractivity contribution in [1.29, 1.82) is 0 Å². The van der Waals surface area contributed by atoms with Gasteiger partial charge in [0.1, 0.15) is 5.82 Å². The van der Waals surface area contributed by atoms with E-state index >= 15 is 0 Å². The molecule has 132 valence electrons. The Labute approximate surface area is 157 Å². The third kappa shape index (κ3) is 3.45. The molecule has 4 aromatic rings. The van der Waals surface area contributed by atoms with Crippen LogP contribution in [0, 0.1) is 17.7 Å². The molecule has 2 heterocycles. The molecule has 0 bridgehead atoms. The van der Waals surface area contributed by atoms with E-state index in [9.17, 15) is 4.39 Å². The molecular formula is C23H18FN3. The number of hydrogen-bond donors (Lipinski definition) is 0. The molecule has 0 N–H and O–H groups in total. The lowest BCUT2D eigenvalue weighted by Gasteiger charge is -2.11. The quantitative estimate of drug-likeness (QED) is 0.487. The Bertz CT molecular complexity index is 1200. The van der Waals surface area contributed by atoms with Crippen LogP contribution in [0.3, 0.4) is 0 Å². The fourth-order valence-electron chi connectivity index (χ4n) is 3.15. The molecule has 0 aliphatic rings. The Balaban J connectivity index is 1.89. The Hall–Kier alpha value is -3.45. The van der Waals surface area contributed by atoms with Crippen LogP contribution < -0.4 is 0 Å². The highest BCUT2D eigenvalue weighted by molar-refractivity contribution is 5.90. The standard InChI is InChI=1S/C23H18FN3/c1-3-22-21(18-7-4-8-19(24)12-18)13-20-17(6-5-9-23(20)26-22)11-10-16-14-25-27(2)15-16/h4-9,12-15H,3H2,1-2H3. The molecule has 0 spiro atoms. The van der Waals surface area contributed by atoms with Crippen LogP contribution >= 0.6 is 0 Å². The third-order valence-corrected chi connectivity index (χ3v) is 4.45. The summed E-state index contributed by atoms with van der Waals surface area (Å²) >= 11 is 0. The predicted octanol–water partition coefficient (Wildman–Crippen LogP) is 4.74. The second-order valence-electron chi connectivity index (χ2n) is 6.37. The van der Waals surface area contributed by atoms with E-state index in [0.29, 0.717) is 0 Å². The van der Waals surface area contributed by atoms with E-state index in [4.69, 9.17) is 4.98 Å². The molecule has 2 aromatic heterocycles. The zero-order valence-corrected chi connectivity index (χ0v) is 15.2. The predicted molar refractivity (Wildman–Crippen MR) is 106 cm³/mol. The fraction of sp³-hybridized carbons (Fsp3) is 0.130. The lowest BCUT2D eigenvalue weighted by molar-refractivity contribution is 0.628. The number of hydrogen-bond acceptors (Lipinski definition) is 2. The summed E-state index contributed by atoms with van der Waals surface area (Å²) in [6, 6.07) is 14.6. The summed E-state index contributed by atoms with van der Waals surface area (Å²) in [6.07, 6.45) is 4.39. The number of rotatable bonds is 2. The van der Waals surface area contributed by atoms with E-state index in [0.717, 1.165) is 45.3 Å². The number of aryl methyl sites for hydroxylation is 2. The fourth-order valence-corrected chi connectivity index (χ4v) is 3.15. The molecular weight excluding hydrogens is 337 g/mol. The third-order valence-electron chi connectivity index (χ3n) is 4.45. The summed E-state index contributed by atoms with van der Waals surface area (Å²) in [7, 11) is 1.87. The van der Waals surface area contributed by atoms with E-state index in [1.807, 2.05) is 37.5 Å². The summed E-state index contributed by atoms with van der Waals surface area (Å²) in [5.41, 5.74) is 5.37. The number of halogens is 1. The largest absolute Gasteiger partial charge is 0.275 e. The maximum Gasteiger partial charge on any atom is 0.123 e. The van der Waals surface area contributed by atoms with Gasteiger partial charge in [-0.1, -0.05) is 37.0 Å². The highest BCUT2D eigenvalue weighted by atomic mass is 19.1. The van der Waals surface area contributed by atoms with Crippen molar-refractivity contribution in [3.8, 4) is 23.0 Å². The van der Waals surface area contributed by atoms with Crippen molar-refractivity contribution in [3.63, 3.8) is 0 Å². The smallest absolute Gasteiger partial charge is 0.123 e. The van der Waals surface area contributed by atoms with Gasteiger partial charge in [-0.05, 0) is 42.3 Å². The monoisotopic (exact) mass is 355 g/mol. The molecule has 4 heteroatoms. The van der Waals surface area contributed by atoms with Gasteiger partial charge in [0.2, 0.25) is 0 Å². The van der Waals surface area contributed by atoms with Crippen LogP contribution in [0.4, 0.5) is 4.39 Å². The van der Waals surface area contributed by atoms with E-state index in [2.05, 4.69) is 29.9 Å². The summed E-state index contributed by atoms with van der Waals surface area (Å²) in [6.45, 7) is 2.06. The molecule has 0 saturated heterocycles. The Kier molecular flexibility index (Phi) is 4.43. The average Bonchev–Trinajstić information content (AvgIpc) is 3.10. The van der Waals surface area contributed by atoms with Gasteiger partial charge in [0.05, 0.1) is 17.3 Å². The van der Waals surface area contributed by atoms with Gasteiger partial charge >= 0.3 is 0 Å². The minimum atomic E-state index is -0.251. The summed E-state index contributed by atoms with van der Waals surface area (Å²) in [4.78, 5) is 4.81. The van der Waals surface area contributed by atoms with Crippen LogP contribution in [-0.2, 0) is 13.5 Å². The minimum Gasteiger partial charge on any atom is -0.275 e. The molecule has 2 aromatic carbocycles.